The van der Waals surface area contributed by atoms with Gasteiger partial charge in [0, 0.05) is 24.1 Å². The normalized spacial score (nSPS) is 10.6. The van der Waals surface area contributed by atoms with Crippen molar-refractivity contribution in [2.24, 2.45) is 0 Å². The first-order valence-electron chi connectivity index (χ1n) is 4.83. The van der Waals surface area contributed by atoms with Crippen molar-refractivity contribution in [2.45, 2.75) is 6.92 Å². The van der Waals surface area contributed by atoms with Gasteiger partial charge in [0.1, 0.15) is 0 Å². The maximum Gasteiger partial charge on any atom is 0.246 e. The van der Waals surface area contributed by atoms with Crippen molar-refractivity contribution < 1.29 is 4.79 Å². The summed E-state index contributed by atoms with van der Waals surface area (Å²) in [6.07, 6.45) is 3.40. The number of nitrogens with zero attached hydrogens (tertiary/aromatic N) is 1. The molecule has 1 aromatic carbocycles. The molecule has 0 radical (unpaired) electrons. The van der Waals surface area contributed by atoms with Crippen LogP contribution in [-0.4, -0.2) is 24.4 Å². The number of halogens is 1. The minimum absolute atomic E-state index is 0.0215. The van der Waals surface area contributed by atoms with Crippen molar-refractivity contribution in [3.63, 3.8) is 0 Å². The number of hydrogen-bond donors (Lipinski definition) is 0. The third-order valence-corrected chi connectivity index (χ3v) is 2.88. The largest absolute Gasteiger partial charge is 0.343 e. The molecule has 0 aliphatic heterocycles. The van der Waals surface area contributed by atoms with Crippen molar-refractivity contribution in [3.8, 4) is 0 Å². The Bertz CT molecular complexity index is 374. The Balaban J connectivity index is 2.74. The fraction of sp³-hybridized carbons (Fsp3) is 0.250. The van der Waals surface area contributed by atoms with E-state index >= 15 is 0 Å². The summed E-state index contributed by atoms with van der Waals surface area (Å²) >= 11 is 3.42. The summed E-state index contributed by atoms with van der Waals surface area (Å²) in [5.41, 5.74) is 1.01. The number of rotatable bonds is 3. The maximum absolute atomic E-state index is 11.5. The van der Waals surface area contributed by atoms with Crippen LogP contribution in [0.4, 0.5) is 0 Å². The van der Waals surface area contributed by atoms with Gasteiger partial charge in [-0.1, -0.05) is 34.1 Å². The van der Waals surface area contributed by atoms with Crippen LogP contribution in [0.5, 0.6) is 0 Å². The highest BCUT2D eigenvalue weighted by atomic mass is 79.9. The topological polar surface area (TPSA) is 20.3 Å². The Kier molecular flexibility index (Phi) is 4.56. The molecule has 0 atom stereocenters. The van der Waals surface area contributed by atoms with Crippen molar-refractivity contribution in [1.82, 2.24) is 4.90 Å². The van der Waals surface area contributed by atoms with E-state index in [9.17, 15) is 4.79 Å². The van der Waals surface area contributed by atoms with E-state index in [2.05, 4.69) is 15.9 Å². The zero-order chi connectivity index (χ0) is 11.3. The first-order chi connectivity index (χ1) is 7.15. The van der Waals surface area contributed by atoms with Crippen LogP contribution in [0.15, 0.2) is 34.8 Å². The number of benzene rings is 1. The van der Waals surface area contributed by atoms with Gasteiger partial charge in [-0.05, 0) is 24.6 Å². The van der Waals surface area contributed by atoms with Crippen LogP contribution in [0.25, 0.3) is 6.08 Å². The van der Waals surface area contributed by atoms with Crippen LogP contribution in [0.3, 0.4) is 0 Å². The number of amides is 1. The van der Waals surface area contributed by atoms with E-state index in [0.717, 1.165) is 16.6 Å². The molecule has 0 N–H and O–H groups in total. The average Bonchev–Trinajstić information content (AvgIpc) is 2.26. The molecule has 3 heteroatoms. The average molecular weight is 268 g/mol. The first kappa shape index (κ1) is 12.0. The third-order valence-electron chi connectivity index (χ3n) is 2.16. The summed E-state index contributed by atoms with van der Waals surface area (Å²) in [4.78, 5) is 13.1. The molecule has 2 nitrogen and oxygen atoms in total. The molecule has 0 aliphatic carbocycles. The third kappa shape index (κ3) is 3.51. The van der Waals surface area contributed by atoms with E-state index in [0.29, 0.717) is 0 Å². The first-order valence-corrected chi connectivity index (χ1v) is 5.62. The van der Waals surface area contributed by atoms with E-state index in [1.807, 2.05) is 37.3 Å². The summed E-state index contributed by atoms with van der Waals surface area (Å²) in [7, 11) is 1.78. The quantitative estimate of drug-likeness (QED) is 0.772. The van der Waals surface area contributed by atoms with Crippen molar-refractivity contribution in [3.05, 3.63) is 40.4 Å². The standard InChI is InChI=1S/C12H14BrNO/c1-3-14(2)12(15)9-8-10-6-4-5-7-11(10)13/h4-9H,3H2,1-2H3/b9-8+. The Labute approximate surface area is 98.7 Å². The summed E-state index contributed by atoms with van der Waals surface area (Å²) in [5.74, 6) is 0.0215. The van der Waals surface area contributed by atoms with Gasteiger partial charge in [-0.25, -0.2) is 0 Å². The number of likely N-dealkylation sites (N-methyl/N-ethyl adjacent to an activating group) is 1. The maximum atomic E-state index is 11.5. The molecule has 80 valence electrons. The van der Waals surface area contributed by atoms with Gasteiger partial charge in [0.25, 0.3) is 0 Å². The zero-order valence-corrected chi connectivity index (χ0v) is 10.5. The van der Waals surface area contributed by atoms with Gasteiger partial charge in [0.2, 0.25) is 5.91 Å². The molecule has 1 amide bonds. The second kappa shape index (κ2) is 5.71. The molecule has 0 saturated carbocycles. The number of hydrogen-bond acceptors (Lipinski definition) is 1. The molecular formula is C12H14BrNO. The summed E-state index contributed by atoms with van der Waals surface area (Å²) in [6.45, 7) is 2.67. The van der Waals surface area contributed by atoms with Crippen LogP contribution in [0, 0.1) is 0 Å². The van der Waals surface area contributed by atoms with Gasteiger partial charge in [0.15, 0.2) is 0 Å². The van der Waals surface area contributed by atoms with Crippen LogP contribution in [0.2, 0.25) is 0 Å². The molecule has 0 fully saturated rings. The molecule has 0 heterocycles. The highest BCUT2D eigenvalue weighted by Crippen LogP contribution is 2.17. The number of carbonyl (C=O) groups is 1. The second-order valence-electron chi connectivity index (χ2n) is 3.21. The molecule has 0 bridgehead atoms. The fourth-order valence-corrected chi connectivity index (χ4v) is 1.47. The van der Waals surface area contributed by atoms with Crippen molar-refractivity contribution in [2.75, 3.05) is 13.6 Å². The lowest BCUT2D eigenvalue weighted by molar-refractivity contribution is -0.124. The van der Waals surface area contributed by atoms with Crippen LogP contribution < -0.4 is 0 Å². The number of carbonyl (C=O) groups excluding carboxylic acids is 1. The Morgan fingerprint density at radius 2 is 2.13 bits per heavy atom. The lowest BCUT2D eigenvalue weighted by Gasteiger charge is -2.10. The van der Waals surface area contributed by atoms with E-state index in [1.54, 1.807) is 18.0 Å². The molecule has 1 aromatic rings. The molecule has 1 rings (SSSR count). The summed E-state index contributed by atoms with van der Waals surface area (Å²) in [6, 6.07) is 7.80. The highest BCUT2D eigenvalue weighted by Gasteiger charge is 2.01. The van der Waals surface area contributed by atoms with E-state index < -0.39 is 0 Å². The van der Waals surface area contributed by atoms with Gasteiger partial charge in [-0.2, -0.15) is 0 Å². The smallest absolute Gasteiger partial charge is 0.246 e. The highest BCUT2D eigenvalue weighted by molar-refractivity contribution is 9.10. The zero-order valence-electron chi connectivity index (χ0n) is 8.90. The molecule has 15 heavy (non-hydrogen) atoms. The predicted octanol–water partition coefficient (Wildman–Crippen LogP) is 2.94. The second-order valence-corrected chi connectivity index (χ2v) is 4.06. The summed E-state index contributed by atoms with van der Waals surface area (Å²) < 4.78 is 0.994. The van der Waals surface area contributed by atoms with E-state index in [4.69, 9.17) is 0 Å². The van der Waals surface area contributed by atoms with Gasteiger partial charge >= 0.3 is 0 Å². The fourth-order valence-electron chi connectivity index (χ4n) is 1.05. The SMILES string of the molecule is CCN(C)C(=O)/C=C/c1ccccc1Br. The Morgan fingerprint density at radius 3 is 2.73 bits per heavy atom. The van der Waals surface area contributed by atoms with E-state index in [-0.39, 0.29) is 5.91 Å². The van der Waals surface area contributed by atoms with Gasteiger partial charge in [-0.3, -0.25) is 4.79 Å². The molecule has 0 aliphatic rings. The predicted molar refractivity (Wildman–Crippen MR) is 66.5 cm³/mol. The van der Waals surface area contributed by atoms with Gasteiger partial charge in [0.05, 0.1) is 0 Å². The van der Waals surface area contributed by atoms with Crippen molar-refractivity contribution >= 4 is 27.9 Å². The molecule has 0 aromatic heterocycles. The monoisotopic (exact) mass is 267 g/mol. The van der Waals surface area contributed by atoms with Gasteiger partial charge in [-0.15, -0.1) is 0 Å². The summed E-state index contributed by atoms with van der Waals surface area (Å²) in [5, 5.41) is 0. The Morgan fingerprint density at radius 1 is 1.47 bits per heavy atom. The molecule has 0 unspecified atom stereocenters. The van der Waals surface area contributed by atoms with Crippen LogP contribution in [-0.2, 0) is 4.79 Å². The molecule has 0 spiro atoms. The van der Waals surface area contributed by atoms with Gasteiger partial charge < -0.3 is 4.90 Å². The lowest BCUT2D eigenvalue weighted by atomic mass is 10.2. The van der Waals surface area contributed by atoms with E-state index in [1.165, 1.54) is 0 Å². The molecule has 0 saturated heterocycles. The minimum Gasteiger partial charge on any atom is -0.343 e. The Hall–Kier alpha value is -1.09. The van der Waals surface area contributed by atoms with Crippen LogP contribution >= 0.6 is 15.9 Å². The molecular weight excluding hydrogens is 254 g/mol. The van der Waals surface area contributed by atoms with Crippen LogP contribution in [0.1, 0.15) is 12.5 Å². The van der Waals surface area contributed by atoms with Crippen molar-refractivity contribution in [1.29, 1.82) is 0 Å². The lowest BCUT2D eigenvalue weighted by Crippen LogP contribution is -2.23. The minimum atomic E-state index is 0.0215.